The van der Waals surface area contributed by atoms with Crippen LogP contribution in [0.15, 0.2) is 48.5 Å². The Balaban J connectivity index is 1.94. The van der Waals surface area contributed by atoms with Crippen LogP contribution in [0.3, 0.4) is 0 Å². The molecule has 0 spiro atoms. The molecule has 0 saturated carbocycles. The van der Waals surface area contributed by atoms with Crippen LogP contribution < -0.4 is 16.4 Å². The summed E-state index contributed by atoms with van der Waals surface area (Å²) in [4.78, 5) is 35.2. The number of hydrogen-bond acceptors (Lipinski definition) is 4. The lowest BCUT2D eigenvalue weighted by Gasteiger charge is -2.16. The molecule has 0 unspecified atom stereocenters. The first-order chi connectivity index (χ1) is 12.8. The topological polar surface area (TPSA) is 111 Å². The summed E-state index contributed by atoms with van der Waals surface area (Å²) in [6, 6.07) is 10.5. The number of carbonyl (C=O) groups excluding carboxylic acids is 3. The zero-order valence-corrected chi connectivity index (χ0v) is 14.8. The Bertz CT molecular complexity index is 833. The maximum atomic E-state index is 13.6. The van der Waals surface area contributed by atoms with Crippen molar-refractivity contribution < 1.29 is 23.5 Å². The van der Waals surface area contributed by atoms with Crippen molar-refractivity contribution in [2.75, 3.05) is 11.9 Å². The molecular formula is C18H17ClFN3O4. The Morgan fingerprint density at radius 2 is 1.85 bits per heavy atom. The monoisotopic (exact) mass is 393 g/mol. The van der Waals surface area contributed by atoms with Gasteiger partial charge in [0.2, 0.25) is 0 Å². The van der Waals surface area contributed by atoms with E-state index in [1.807, 2.05) is 0 Å². The molecule has 0 aliphatic heterocycles. The highest BCUT2D eigenvalue weighted by Gasteiger charge is 2.23. The molecule has 9 heteroatoms. The number of nitrogens with one attached hydrogen (secondary N) is 2. The minimum atomic E-state index is -1.07. The molecule has 0 fully saturated rings. The molecule has 7 nitrogen and oxygen atoms in total. The second-order valence-corrected chi connectivity index (χ2v) is 5.97. The van der Waals surface area contributed by atoms with E-state index in [1.165, 1.54) is 12.1 Å². The van der Waals surface area contributed by atoms with Gasteiger partial charge in [-0.15, -0.1) is 0 Å². The average molecular weight is 394 g/mol. The third-order valence-corrected chi connectivity index (χ3v) is 3.67. The fourth-order valence-corrected chi connectivity index (χ4v) is 2.40. The van der Waals surface area contributed by atoms with Gasteiger partial charge >= 0.3 is 12.0 Å². The number of ether oxygens (including phenoxy) is 1. The lowest BCUT2D eigenvalue weighted by Crippen LogP contribution is -2.46. The summed E-state index contributed by atoms with van der Waals surface area (Å²) in [5.74, 6) is -2.29. The van der Waals surface area contributed by atoms with Gasteiger partial charge in [-0.3, -0.25) is 4.79 Å². The molecule has 2 aromatic carbocycles. The van der Waals surface area contributed by atoms with Crippen molar-refractivity contribution >= 4 is 35.2 Å². The number of carbonyl (C=O) groups is 3. The molecule has 0 aliphatic carbocycles. The maximum Gasteiger partial charge on any atom is 0.329 e. The summed E-state index contributed by atoms with van der Waals surface area (Å²) in [6.45, 7) is -0.670. The molecule has 2 rings (SSSR count). The van der Waals surface area contributed by atoms with Crippen molar-refractivity contribution in [2.24, 2.45) is 5.73 Å². The van der Waals surface area contributed by atoms with Crippen LogP contribution in [0.2, 0.25) is 5.02 Å². The zero-order chi connectivity index (χ0) is 19.8. The standard InChI is InChI=1S/C18H17ClFN3O4/c19-12-6-7-13(20)14(9-12)22-16(24)10-27-17(25)15(23-18(21)26)8-11-4-2-1-3-5-11/h1-7,9,15H,8,10H2,(H,22,24)(H3,21,23,26)/t15-/m0/s1. The Morgan fingerprint density at radius 3 is 2.52 bits per heavy atom. The molecule has 0 radical (unpaired) electrons. The van der Waals surface area contributed by atoms with Crippen molar-refractivity contribution in [1.29, 1.82) is 0 Å². The Morgan fingerprint density at radius 1 is 1.15 bits per heavy atom. The van der Waals surface area contributed by atoms with Crippen molar-refractivity contribution in [3.05, 3.63) is 64.9 Å². The van der Waals surface area contributed by atoms with Gasteiger partial charge in [0.1, 0.15) is 11.9 Å². The second-order valence-electron chi connectivity index (χ2n) is 5.53. The van der Waals surface area contributed by atoms with Gasteiger partial charge in [0.15, 0.2) is 6.61 Å². The lowest BCUT2D eigenvalue weighted by molar-refractivity contribution is -0.149. The average Bonchev–Trinajstić information content (AvgIpc) is 2.62. The molecule has 0 aliphatic rings. The van der Waals surface area contributed by atoms with Crippen molar-refractivity contribution in [3.63, 3.8) is 0 Å². The van der Waals surface area contributed by atoms with Crippen LogP contribution in [0.4, 0.5) is 14.9 Å². The predicted molar refractivity (Wildman–Crippen MR) is 97.7 cm³/mol. The number of anilines is 1. The van der Waals surface area contributed by atoms with Crippen molar-refractivity contribution in [3.8, 4) is 0 Å². The Labute approximate surface area is 159 Å². The molecule has 1 atom stereocenters. The number of halogens is 2. The van der Waals surface area contributed by atoms with Gasteiger partial charge in [-0.1, -0.05) is 41.9 Å². The van der Waals surface area contributed by atoms with Gasteiger partial charge in [0.05, 0.1) is 5.69 Å². The number of esters is 1. The minimum absolute atomic E-state index is 0.132. The number of urea groups is 1. The third-order valence-electron chi connectivity index (χ3n) is 3.43. The number of primary amides is 1. The number of hydrogen-bond donors (Lipinski definition) is 3. The summed E-state index contributed by atoms with van der Waals surface area (Å²) in [7, 11) is 0. The van der Waals surface area contributed by atoms with E-state index in [0.29, 0.717) is 0 Å². The van der Waals surface area contributed by atoms with Crippen LogP contribution in [0, 0.1) is 5.82 Å². The first-order valence-electron chi connectivity index (χ1n) is 7.86. The maximum absolute atomic E-state index is 13.6. The highest BCUT2D eigenvalue weighted by molar-refractivity contribution is 6.30. The van der Waals surface area contributed by atoms with E-state index in [4.69, 9.17) is 22.1 Å². The fraction of sp³-hybridized carbons (Fsp3) is 0.167. The zero-order valence-electron chi connectivity index (χ0n) is 14.1. The van der Waals surface area contributed by atoms with E-state index in [-0.39, 0.29) is 17.1 Å². The van der Waals surface area contributed by atoms with E-state index in [1.54, 1.807) is 30.3 Å². The molecule has 4 N–H and O–H groups in total. The van der Waals surface area contributed by atoms with Gasteiger partial charge in [-0.2, -0.15) is 0 Å². The van der Waals surface area contributed by atoms with Gasteiger partial charge in [0.25, 0.3) is 5.91 Å². The van der Waals surface area contributed by atoms with Crippen molar-refractivity contribution in [1.82, 2.24) is 5.32 Å². The summed E-state index contributed by atoms with van der Waals surface area (Å²) in [6.07, 6.45) is 0.132. The Hall–Kier alpha value is -3.13. The molecule has 0 heterocycles. The molecule has 3 amide bonds. The normalized spacial score (nSPS) is 11.3. The third kappa shape index (κ3) is 6.59. The fourth-order valence-electron chi connectivity index (χ4n) is 2.23. The largest absolute Gasteiger partial charge is 0.454 e. The minimum Gasteiger partial charge on any atom is -0.454 e. The van der Waals surface area contributed by atoms with E-state index in [9.17, 15) is 18.8 Å². The van der Waals surface area contributed by atoms with Gasteiger partial charge in [-0.05, 0) is 23.8 Å². The van der Waals surface area contributed by atoms with Gasteiger partial charge < -0.3 is 21.1 Å². The number of rotatable bonds is 7. The van der Waals surface area contributed by atoms with Gasteiger partial charge in [0, 0.05) is 11.4 Å². The van der Waals surface area contributed by atoms with Crippen LogP contribution in [0.25, 0.3) is 0 Å². The first-order valence-corrected chi connectivity index (χ1v) is 8.24. The van der Waals surface area contributed by atoms with Crippen molar-refractivity contribution in [2.45, 2.75) is 12.5 Å². The number of benzene rings is 2. The predicted octanol–water partition coefficient (Wildman–Crippen LogP) is 2.24. The van der Waals surface area contributed by atoms with Gasteiger partial charge in [-0.25, -0.2) is 14.0 Å². The highest BCUT2D eigenvalue weighted by atomic mass is 35.5. The quantitative estimate of drug-likeness (QED) is 0.626. The van der Waals surface area contributed by atoms with E-state index < -0.39 is 36.4 Å². The van der Waals surface area contributed by atoms with E-state index >= 15 is 0 Å². The number of nitrogens with two attached hydrogens (primary N) is 1. The van der Waals surface area contributed by atoms with E-state index in [0.717, 1.165) is 11.6 Å². The molecule has 142 valence electrons. The SMILES string of the molecule is NC(=O)N[C@@H](Cc1ccccc1)C(=O)OCC(=O)Nc1cc(Cl)ccc1F. The summed E-state index contributed by atoms with van der Waals surface area (Å²) < 4.78 is 18.5. The van der Waals surface area contributed by atoms with Crippen LogP contribution in [-0.2, 0) is 20.7 Å². The molecule has 0 saturated heterocycles. The molecular weight excluding hydrogens is 377 g/mol. The van der Waals surface area contributed by atoms with E-state index in [2.05, 4.69) is 10.6 Å². The summed E-state index contributed by atoms with van der Waals surface area (Å²) in [5.41, 5.74) is 5.71. The molecule has 27 heavy (non-hydrogen) atoms. The summed E-state index contributed by atoms with van der Waals surface area (Å²) in [5, 5.41) is 4.76. The lowest BCUT2D eigenvalue weighted by atomic mass is 10.1. The Kier molecular flexibility index (Phi) is 7.13. The highest BCUT2D eigenvalue weighted by Crippen LogP contribution is 2.19. The van der Waals surface area contributed by atoms with Crippen LogP contribution >= 0.6 is 11.6 Å². The number of amides is 3. The van der Waals surface area contributed by atoms with Crippen LogP contribution in [0.5, 0.6) is 0 Å². The first kappa shape index (κ1) is 20.2. The van der Waals surface area contributed by atoms with Crippen LogP contribution in [-0.4, -0.2) is 30.6 Å². The molecule has 0 aromatic heterocycles. The summed E-state index contributed by atoms with van der Waals surface area (Å²) >= 11 is 5.74. The molecule has 2 aromatic rings. The second kappa shape index (κ2) is 9.54. The smallest absolute Gasteiger partial charge is 0.329 e. The van der Waals surface area contributed by atoms with Crippen LogP contribution in [0.1, 0.15) is 5.56 Å². The molecule has 0 bridgehead atoms.